The molecule has 10 heavy (non-hydrogen) atoms. The van der Waals surface area contributed by atoms with Gasteiger partial charge in [0.05, 0.1) is 6.61 Å². The standard InChI is InChI=1S/C7H15NO2/c1-6(2)9-5-7(3,4-8)10-6/h4-5,8H2,1-3H3. The molecule has 0 aliphatic carbocycles. The first-order valence-corrected chi connectivity index (χ1v) is 3.52. The van der Waals surface area contributed by atoms with Gasteiger partial charge in [-0.3, -0.25) is 0 Å². The molecular formula is C7H15NO2. The fourth-order valence-electron chi connectivity index (χ4n) is 1.08. The van der Waals surface area contributed by atoms with Crippen molar-refractivity contribution in [2.24, 2.45) is 5.73 Å². The van der Waals surface area contributed by atoms with Crippen LogP contribution in [0.1, 0.15) is 20.8 Å². The summed E-state index contributed by atoms with van der Waals surface area (Å²) in [4.78, 5) is 0. The molecule has 1 unspecified atom stereocenters. The van der Waals surface area contributed by atoms with Crippen molar-refractivity contribution >= 4 is 0 Å². The van der Waals surface area contributed by atoms with Gasteiger partial charge in [0.1, 0.15) is 5.60 Å². The SMILES string of the molecule is CC1(CN)COC(C)(C)O1. The highest BCUT2D eigenvalue weighted by Gasteiger charge is 2.40. The molecule has 3 heteroatoms. The van der Waals surface area contributed by atoms with Crippen molar-refractivity contribution in [3.63, 3.8) is 0 Å². The topological polar surface area (TPSA) is 44.5 Å². The molecule has 1 fully saturated rings. The first kappa shape index (κ1) is 7.98. The third kappa shape index (κ3) is 1.48. The zero-order valence-corrected chi connectivity index (χ0v) is 6.81. The van der Waals surface area contributed by atoms with E-state index in [4.69, 9.17) is 15.2 Å². The van der Waals surface area contributed by atoms with Gasteiger partial charge in [0, 0.05) is 6.54 Å². The van der Waals surface area contributed by atoms with Crippen LogP contribution in [0, 0.1) is 0 Å². The molecule has 60 valence electrons. The van der Waals surface area contributed by atoms with E-state index < -0.39 is 5.79 Å². The summed E-state index contributed by atoms with van der Waals surface area (Å²) in [5.41, 5.74) is 5.21. The predicted octanol–water partition coefficient (Wildman–Crippen LogP) is 0.487. The van der Waals surface area contributed by atoms with E-state index in [1.807, 2.05) is 20.8 Å². The van der Waals surface area contributed by atoms with E-state index in [0.717, 1.165) is 0 Å². The highest BCUT2D eigenvalue weighted by molar-refractivity contribution is 4.84. The second-order valence-electron chi connectivity index (χ2n) is 3.44. The minimum atomic E-state index is -0.450. The van der Waals surface area contributed by atoms with Gasteiger partial charge < -0.3 is 15.2 Å². The van der Waals surface area contributed by atoms with Crippen molar-refractivity contribution in [3.8, 4) is 0 Å². The van der Waals surface area contributed by atoms with Gasteiger partial charge in [-0.2, -0.15) is 0 Å². The lowest BCUT2D eigenvalue weighted by Crippen LogP contribution is -2.38. The van der Waals surface area contributed by atoms with Gasteiger partial charge in [0.2, 0.25) is 0 Å². The molecule has 2 N–H and O–H groups in total. The van der Waals surface area contributed by atoms with Gasteiger partial charge >= 0.3 is 0 Å². The molecule has 0 aromatic heterocycles. The van der Waals surface area contributed by atoms with E-state index in [1.54, 1.807) is 0 Å². The van der Waals surface area contributed by atoms with E-state index in [1.165, 1.54) is 0 Å². The Morgan fingerprint density at radius 1 is 1.40 bits per heavy atom. The summed E-state index contributed by atoms with van der Waals surface area (Å²) in [7, 11) is 0. The molecule has 1 rings (SSSR count). The molecule has 1 heterocycles. The number of rotatable bonds is 1. The van der Waals surface area contributed by atoms with Crippen LogP contribution in [0.3, 0.4) is 0 Å². The normalized spacial score (nSPS) is 38.4. The summed E-state index contributed by atoms with van der Waals surface area (Å²) in [5.74, 6) is -0.450. The summed E-state index contributed by atoms with van der Waals surface area (Å²) in [6.07, 6.45) is 0. The maximum atomic E-state index is 5.54. The molecule has 1 saturated heterocycles. The molecule has 0 aromatic rings. The molecule has 1 aliphatic heterocycles. The van der Waals surface area contributed by atoms with Crippen LogP contribution >= 0.6 is 0 Å². The number of hydrogen-bond acceptors (Lipinski definition) is 3. The minimum absolute atomic E-state index is 0.274. The summed E-state index contributed by atoms with van der Waals surface area (Å²) < 4.78 is 10.9. The fraction of sp³-hybridized carbons (Fsp3) is 1.00. The Labute approximate surface area is 61.5 Å². The quantitative estimate of drug-likeness (QED) is 0.584. The lowest BCUT2D eigenvalue weighted by molar-refractivity contribution is -0.155. The molecule has 3 nitrogen and oxygen atoms in total. The van der Waals surface area contributed by atoms with Crippen LogP contribution in [0.4, 0.5) is 0 Å². The van der Waals surface area contributed by atoms with E-state index in [0.29, 0.717) is 13.2 Å². The average molecular weight is 145 g/mol. The van der Waals surface area contributed by atoms with Crippen molar-refractivity contribution in [1.82, 2.24) is 0 Å². The second-order valence-corrected chi connectivity index (χ2v) is 3.44. The van der Waals surface area contributed by atoms with Crippen molar-refractivity contribution < 1.29 is 9.47 Å². The molecule has 1 aliphatic rings. The Morgan fingerprint density at radius 2 is 2.00 bits per heavy atom. The molecular weight excluding hydrogens is 130 g/mol. The second kappa shape index (κ2) is 2.19. The van der Waals surface area contributed by atoms with Crippen molar-refractivity contribution in [2.45, 2.75) is 32.2 Å². The molecule has 0 radical (unpaired) electrons. The highest BCUT2D eigenvalue weighted by Crippen LogP contribution is 2.29. The Morgan fingerprint density at radius 3 is 2.20 bits per heavy atom. The van der Waals surface area contributed by atoms with Gasteiger partial charge in [0.25, 0.3) is 0 Å². The van der Waals surface area contributed by atoms with Gasteiger partial charge in [-0.1, -0.05) is 0 Å². The Hall–Kier alpha value is -0.120. The smallest absolute Gasteiger partial charge is 0.163 e. The maximum Gasteiger partial charge on any atom is 0.163 e. The highest BCUT2D eigenvalue weighted by atomic mass is 16.8. The van der Waals surface area contributed by atoms with Crippen molar-refractivity contribution in [3.05, 3.63) is 0 Å². The van der Waals surface area contributed by atoms with Gasteiger partial charge in [-0.15, -0.1) is 0 Å². The molecule has 0 aromatic carbocycles. The maximum absolute atomic E-state index is 5.54. The lowest BCUT2D eigenvalue weighted by Gasteiger charge is -2.22. The van der Waals surface area contributed by atoms with Crippen molar-refractivity contribution in [2.75, 3.05) is 13.2 Å². The van der Waals surface area contributed by atoms with E-state index in [9.17, 15) is 0 Å². The van der Waals surface area contributed by atoms with Crippen molar-refractivity contribution in [1.29, 1.82) is 0 Å². The number of ether oxygens (including phenoxy) is 2. The van der Waals surface area contributed by atoms with Gasteiger partial charge in [0.15, 0.2) is 5.79 Å². The minimum Gasteiger partial charge on any atom is -0.347 e. The van der Waals surface area contributed by atoms with Crippen LogP contribution in [0.5, 0.6) is 0 Å². The number of nitrogens with two attached hydrogens (primary N) is 1. The van der Waals surface area contributed by atoms with Crippen LogP contribution in [-0.4, -0.2) is 24.5 Å². The first-order chi connectivity index (χ1) is 4.47. The van der Waals surface area contributed by atoms with E-state index in [2.05, 4.69) is 0 Å². The molecule has 0 saturated carbocycles. The Kier molecular flexibility index (Phi) is 1.75. The summed E-state index contributed by atoms with van der Waals surface area (Å²) in [5, 5.41) is 0. The van der Waals surface area contributed by atoms with Crippen LogP contribution in [0.2, 0.25) is 0 Å². The number of hydrogen-bond donors (Lipinski definition) is 1. The fourth-order valence-corrected chi connectivity index (χ4v) is 1.08. The summed E-state index contributed by atoms with van der Waals surface area (Å²) in [6, 6.07) is 0. The lowest BCUT2D eigenvalue weighted by atomic mass is 10.1. The van der Waals surface area contributed by atoms with Crippen LogP contribution in [0.25, 0.3) is 0 Å². The van der Waals surface area contributed by atoms with Gasteiger partial charge in [-0.25, -0.2) is 0 Å². The third-order valence-electron chi connectivity index (χ3n) is 1.65. The third-order valence-corrected chi connectivity index (χ3v) is 1.65. The van der Waals surface area contributed by atoms with Crippen LogP contribution < -0.4 is 5.73 Å². The first-order valence-electron chi connectivity index (χ1n) is 3.52. The largest absolute Gasteiger partial charge is 0.347 e. The molecule has 0 spiro atoms. The molecule has 0 bridgehead atoms. The monoisotopic (exact) mass is 145 g/mol. The Bertz CT molecular complexity index is 136. The van der Waals surface area contributed by atoms with Crippen LogP contribution in [-0.2, 0) is 9.47 Å². The average Bonchev–Trinajstić information content (AvgIpc) is 2.08. The van der Waals surface area contributed by atoms with Gasteiger partial charge in [-0.05, 0) is 20.8 Å². The molecule has 1 atom stereocenters. The zero-order chi connectivity index (χ0) is 7.83. The summed E-state index contributed by atoms with van der Waals surface area (Å²) in [6.45, 7) is 6.86. The van der Waals surface area contributed by atoms with Crippen LogP contribution in [0.15, 0.2) is 0 Å². The molecule has 0 amide bonds. The zero-order valence-electron chi connectivity index (χ0n) is 6.81. The summed E-state index contributed by atoms with van der Waals surface area (Å²) >= 11 is 0. The van der Waals surface area contributed by atoms with E-state index in [-0.39, 0.29) is 5.60 Å². The predicted molar refractivity (Wildman–Crippen MR) is 38.6 cm³/mol. The Balaban J connectivity index is 2.57. The van der Waals surface area contributed by atoms with E-state index >= 15 is 0 Å².